The highest BCUT2D eigenvalue weighted by Crippen LogP contribution is 2.37. The summed E-state index contributed by atoms with van der Waals surface area (Å²) in [7, 11) is 0. The molecule has 1 aliphatic rings. The van der Waals surface area contributed by atoms with Gasteiger partial charge in [-0.1, -0.05) is 24.3 Å². The molecule has 1 N–H and O–H groups in total. The minimum Gasteiger partial charge on any atom is -0.481 e. The SMILES string of the molecule is CC(Oc1ccccc1)C(=O)NCC1(c2cccs2)CCOCC1. The van der Waals surface area contributed by atoms with Gasteiger partial charge in [0.25, 0.3) is 5.91 Å². The molecule has 1 atom stereocenters. The molecular weight excluding hydrogens is 322 g/mol. The minimum absolute atomic E-state index is 0.0193. The van der Waals surface area contributed by atoms with E-state index in [1.165, 1.54) is 4.88 Å². The summed E-state index contributed by atoms with van der Waals surface area (Å²) >= 11 is 1.75. The fourth-order valence-corrected chi connectivity index (χ4v) is 4.00. The van der Waals surface area contributed by atoms with Crippen LogP contribution < -0.4 is 10.1 Å². The van der Waals surface area contributed by atoms with Gasteiger partial charge >= 0.3 is 0 Å². The first-order valence-electron chi connectivity index (χ1n) is 8.31. The number of carbonyl (C=O) groups is 1. The van der Waals surface area contributed by atoms with Gasteiger partial charge in [0.1, 0.15) is 5.75 Å². The molecule has 128 valence electrons. The van der Waals surface area contributed by atoms with Crippen LogP contribution in [0.5, 0.6) is 5.75 Å². The van der Waals surface area contributed by atoms with Gasteiger partial charge in [-0.25, -0.2) is 0 Å². The van der Waals surface area contributed by atoms with Crippen LogP contribution in [0.15, 0.2) is 47.8 Å². The predicted octanol–water partition coefficient (Wildman–Crippen LogP) is 3.38. The van der Waals surface area contributed by atoms with E-state index in [0.29, 0.717) is 12.3 Å². The van der Waals surface area contributed by atoms with E-state index in [9.17, 15) is 4.79 Å². The van der Waals surface area contributed by atoms with E-state index in [0.717, 1.165) is 26.1 Å². The highest BCUT2D eigenvalue weighted by molar-refractivity contribution is 7.10. The molecule has 1 aliphatic heterocycles. The van der Waals surface area contributed by atoms with Crippen LogP contribution in [-0.4, -0.2) is 31.8 Å². The quantitative estimate of drug-likeness (QED) is 0.873. The monoisotopic (exact) mass is 345 g/mol. The van der Waals surface area contributed by atoms with Gasteiger partial charge in [0.05, 0.1) is 0 Å². The molecule has 1 fully saturated rings. The lowest BCUT2D eigenvalue weighted by molar-refractivity contribution is -0.127. The van der Waals surface area contributed by atoms with Gasteiger partial charge in [-0.05, 0) is 43.3 Å². The van der Waals surface area contributed by atoms with Crippen molar-refractivity contribution in [3.63, 3.8) is 0 Å². The molecular formula is C19H23NO3S. The summed E-state index contributed by atoms with van der Waals surface area (Å²) in [6.07, 6.45) is 1.34. The van der Waals surface area contributed by atoms with Crippen molar-refractivity contribution in [2.45, 2.75) is 31.3 Å². The summed E-state index contributed by atoms with van der Waals surface area (Å²) < 4.78 is 11.2. The second-order valence-electron chi connectivity index (χ2n) is 6.16. The number of rotatable bonds is 6. The number of hydrogen-bond acceptors (Lipinski definition) is 4. The second kappa shape index (κ2) is 7.81. The standard InChI is InChI=1S/C19H23NO3S/c1-15(23-16-6-3-2-4-7-16)18(21)20-14-19(9-11-22-12-10-19)17-8-5-13-24-17/h2-8,13,15H,9-12,14H2,1H3,(H,20,21). The van der Waals surface area contributed by atoms with Crippen LogP contribution in [0.3, 0.4) is 0 Å². The van der Waals surface area contributed by atoms with Gasteiger partial charge in [0, 0.05) is 30.1 Å². The van der Waals surface area contributed by atoms with Crippen molar-refractivity contribution in [1.29, 1.82) is 0 Å². The van der Waals surface area contributed by atoms with Gasteiger partial charge in [-0.3, -0.25) is 4.79 Å². The van der Waals surface area contributed by atoms with E-state index in [4.69, 9.17) is 9.47 Å². The summed E-state index contributed by atoms with van der Waals surface area (Å²) in [5.41, 5.74) is -0.0193. The fraction of sp³-hybridized carbons (Fsp3) is 0.421. The molecule has 0 saturated carbocycles. The third-order valence-corrected chi connectivity index (χ3v) is 5.64. The van der Waals surface area contributed by atoms with Crippen LogP contribution >= 0.6 is 11.3 Å². The van der Waals surface area contributed by atoms with Gasteiger partial charge in [-0.15, -0.1) is 11.3 Å². The molecule has 2 heterocycles. The molecule has 1 aromatic heterocycles. The smallest absolute Gasteiger partial charge is 0.260 e. The highest BCUT2D eigenvalue weighted by Gasteiger charge is 2.36. The van der Waals surface area contributed by atoms with E-state index in [-0.39, 0.29) is 11.3 Å². The number of ether oxygens (including phenoxy) is 2. The molecule has 1 saturated heterocycles. The van der Waals surface area contributed by atoms with Gasteiger partial charge in [0.2, 0.25) is 0 Å². The third kappa shape index (κ3) is 3.97. The van der Waals surface area contributed by atoms with Gasteiger partial charge in [-0.2, -0.15) is 0 Å². The number of amides is 1. The maximum Gasteiger partial charge on any atom is 0.260 e. The minimum atomic E-state index is -0.521. The number of para-hydroxylation sites is 1. The van der Waals surface area contributed by atoms with Crippen molar-refractivity contribution in [2.24, 2.45) is 0 Å². The summed E-state index contributed by atoms with van der Waals surface area (Å²) in [6.45, 7) is 3.88. The first kappa shape index (κ1) is 17.0. The average Bonchev–Trinajstić information content (AvgIpc) is 3.17. The molecule has 4 nitrogen and oxygen atoms in total. The first-order chi connectivity index (χ1) is 11.7. The topological polar surface area (TPSA) is 47.6 Å². The van der Waals surface area contributed by atoms with E-state index >= 15 is 0 Å². The molecule has 1 unspecified atom stereocenters. The van der Waals surface area contributed by atoms with Crippen LogP contribution in [0.1, 0.15) is 24.6 Å². The zero-order chi connectivity index (χ0) is 16.8. The van der Waals surface area contributed by atoms with E-state index in [1.807, 2.05) is 30.3 Å². The zero-order valence-electron chi connectivity index (χ0n) is 13.9. The highest BCUT2D eigenvalue weighted by atomic mass is 32.1. The number of benzene rings is 1. The first-order valence-corrected chi connectivity index (χ1v) is 9.19. The van der Waals surface area contributed by atoms with Crippen molar-refractivity contribution in [3.8, 4) is 5.75 Å². The Morgan fingerprint density at radius 3 is 2.67 bits per heavy atom. The molecule has 3 rings (SSSR count). The second-order valence-corrected chi connectivity index (χ2v) is 7.11. The number of thiophene rings is 1. The predicted molar refractivity (Wildman–Crippen MR) is 95.6 cm³/mol. The van der Waals surface area contributed by atoms with Crippen molar-refractivity contribution in [1.82, 2.24) is 5.32 Å². The lowest BCUT2D eigenvalue weighted by atomic mass is 9.78. The third-order valence-electron chi connectivity index (χ3n) is 4.52. The maximum atomic E-state index is 12.4. The Morgan fingerprint density at radius 2 is 2.00 bits per heavy atom. The Bertz CT molecular complexity index is 636. The molecule has 2 aromatic rings. The zero-order valence-corrected chi connectivity index (χ0v) is 14.7. The van der Waals surface area contributed by atoms with Crippen molar-refractivity contribution in [3.05, 3.63) is 52.7 Å². The molecule has 0 aliphatic carbocycles. The maximum absolute atomic E-state index is 12.4. The van der Waals surface area contributed by atoms with E-state index in [1.54, 1.807) is 18.3 Å². The van der Waals surface area contributed by atoms with E-state index in [2.05, 4.69) is 22.8 Å². The summed E-state index contributed by atoms with van der Waals surface area (Å²) in [6, 6.07) is 13.7. The molecule has 0 spiro atoms. The van der Waals surface area contributed by atoms with Crippen molar-refractivity contribution in [2.75, 3.05) is 19.8 Å². The Labute approximate surface area is 146 Å². The number of hydrogen-bond donors (Lipinski definition) is 1. The van der Waals surface area contributed by atoms with E-state index < -0.39 is 6.10 Å². The Kier molecular flexibility index (Phi) is 5.53. The fourth-order valence-electron chi connectivity index (χ4n) is 3.01. The molecule has 0 bridgehead atoms. The molecule has 1 aromatic carbocycles. The molecule has 0 radical (unpaired) electrons. The van der Waals surface area contributed by atoms with Gasteiger partial charge in [0.15, 0.2) is 6.10 Å². The lowest BCUT2D eigenvalue weighted by Crippen LogP contribution is -2.47. The molecule has 24 heavy (non-hydrogen) atoms. The molecule has 5 heteroatoms. The largest absolute Gasteiger partial charge is 0.481 e. The van der Waals surface area contributed by atoms with Crippen LogP contribution in [0.4, 0.5) is 0 Å². The number of nitrogens with one attached hydrogen (secondary N) is 1. The van der Waals surface area contributed by atoms with Crippen molar-refractivity contribution < 1.29 is 14.3 Å². The van der Waals surface area contributed by atoms with Crippen molar-refractivity contribution >= 4 is 17.2 Å². The Morgan fingerprint density at radius 1 is 1.25 bits per heavy atom. The Balaban J connectivity index is 1.61. The Hall–Kier alpha value is -1.85. The molecule has 1 amide bonds. The summed E-state index contributed by atoms with van der Waals surface area (Å²) in [5, 5.41) is 5.18. The van der Waals surface area contributed by atoms with Crippen LogP contribution in [0, 0.1) is 0 Å². The van der Waals surface area contributed by atoms with Crippen LogP contribution in [0.25, 0.3) is 0 Å². The van der Waals surface area contributed by atoms with Gasteiger partial charge < -0.3 is 14.8 Å². The summed E-state index contributed by atoms with van der Waals surface area (Å²) in [5.74, 6) is 0.625. The average molecular weight is 345 g/mol. The van der Waals surface area contributed by atoms with Crippen LogP contribution in [-0.2, 0) is 14.9 Å². The summed E-state index contributed by atoms with van der Waals surface area (Å²) in [4.78, 5) is 13.8. The van der Waals surface area contributed by atoms with Crippen LogP contribution in [0.2, 0.25) is 0 Å². The lowest BCUT2D eigenvalue weighted by Gasteiger charge is -2.36. The number of carbonyl (C=O) groups excluding carboxylic acids is 1. The normalized spacial score (nSPS) is 17.9.